The molecule has 0 aliphatic heterocycles. The number of hydrogen-bond donors (Lipinski definition) is 1. The Balaban J connectivity index is 3.08. The molecule has 0 spiro atoms. The van der Waals surface area contributed by atoms with Gasteiger partial charge in [0.15, 0.2) is 0 Å². The number of carboxylic acids is 1. The van der Waals surface area contributed by atoms with Gasteiger partial charge >= 0.3 is 5.97 Å². The number of alkyl halides is 1. The predicted molar refractivity (Wildman–Crippen MR) is 72.6 cm³/mol. The third-order valence-electron chi connectivity index (χ3n) is 2.78. The molecule has 4 heteroatoms. The molecule has 0 aromatic heterocycles. The van der Waals surface area contributed by atoms with Crippen LogP contribution in [0.1, 0.15) is 64.2 Å². The zero-order valence-electron chi connectivity index (χ0n) is 10.4. The van der Waals surface area contributed by atoms with E-state index in [9.17, 15) is 9.59 Å². The van der Waals surface area contributed by atoms with E-state index in [1.165, 1.54) is 38.5 Å². The highest BCUT2D eigenvalue weighted by Gasteiger charge is 2.09. The SMILES string of the molecule is O=C(O)C(=O)CCCCCCCCCCCBr. The number of Topliss-reactive ketones (excluding diaryl/α,β-unsaturated/α-hetero) is 1. The molecule has 0 atom stereocenters. The van der Waals surface area contributed by atoms with Gasteiger partial charge in [0, 0.05) is 11.8 Å². The first-order valence-electron chi connectivity index (χ1n) is 6.50. The van der Waals surface area contributed by atoms with Crippen molar-refractivity contribution >= 4 is 27.7 Å². The van der Waals surface area contributed by atoms with Gasteiger partial charge in [0.2, 0.25) is 5.78 Å². The summed E-state index contributed by atoms with van der Waals surface area (Å²) in [7, 11) is 0. The van der Waals surface area contributed by atoms with E-state index >= 15 is 0 Å². The molecule has 0 saturated heterocycles. The Labute approximate surface area is 112 Å². The van der Waals surface area contributed by atoms with Crippen molar-refractivity contribution in [2.45, 2.75) is 64.2 Å². The number of halogens is 1. The Morgan fingerprint density at radius 2 is 1.18 bits per heavy atom. The van der Waals surface area contributed by atoms with Crippen molar-refractivity contribution in [3.8, 4) is 0 Å². The van der Waals surface area contributed by atoms with Crippen molar-refractivity contribution in [1.82, 2.24) is 0 Å². The van der Waals surface area contributed by atoms with Gasteiger partial charge in [-0.05, 0) is 12.8 Å². The minimum Gasteiger partial charge on any atom is -0.476 e. The van der Waals surface area contributed by atoms with Crippen molar-refractivity contribution in [2.24, 2.45) is 0 Å². The van der Waals surface area contributed by atoms with Crippen LogP contribution in [0.2, 0.25) is 0 Å². The van der Waals surface area contributed by atoms with Gasteiger partial charge in [-0.25, -0.2) is 4.79 Å². The lowest BCUT2D eigenvalue weighted by atomic mass is 10.1. The van der Waals surface area contributed by atoms with Crippen LogP contribution >= 0.6 is 15.9 Å². The maximum absolute atomic E-state index is 10.8. The Kier molecular flexibility index (Phi) is 11.8. The highest BCUT2D eigenvalue weighted by atomic mass is 79.9. The van der Waals surface area contributed by atoms with E-state index in [1.54, 1.807) is 0 Å². The minimum atomic E-state index is -1.29. The Bertz CT molecular complexity index is 217. The highest BCUT2D eigenvalue weighted by Crippen LogP contribution is 2.11. The predicted octanol–water partition coefficient (Wildman–Crippen LogP) is 3.94. The van der Waals surface area contributed by atoms with E-state index < -0.39 is 11.8 Å². The van der Waals surface area contributed by atoms with Crippen LogP contribution in [0.15, 0.2) is 0 Å². The molecule has 0 saturated carbocycles. The Hall–Kier alpha value is -0.380. The van der Waals surface area contributed by atoms with Crippen molar-refractivity contribution in [3.05, 3.63) is 0 Å². The number of carbonyl (C=O) groups is 2. The van der Waals surface area contributed by atoms with E-state index in [0.717, 1.165) is 18.2 Å². The third kappa shape index (κ3) is 11.9. The van der Waals surface area contributed by atoms with Crippen LogP contribution < -0.4 is 0 Å². The van der Waals surface area contributed by atoms with Crippen molar-refractivity contribution < 1.29 is 14.7 Å². The number of rotatable bonds is 12. The molecule has 3 nitrogen and oxygen atoms in total. The van der Waals surface area contributed by atoms with Gasteiger partial charge in [-0.15, -0.1) is 0 Å². The number of carboxylic acid groups (broad SMARTS) is 1. The summed E-state index contributed by atoms with van der Waals surface area (Å²) in [5.74, 6) is -1.95. The number of unbranched alkanes of at least 4 members (excludes halogenated alkanes) is 8. The standard InChI is InChI=1S/C13H23BrO3/c14-11-9-7-5-3-1-2-4-6-8-10-12(15)13(16)17/h1-11H2,(H,16,17). The molecule has 17 heavy (non-hydrogen) atoms. The molecule has 0 heterocycles. The molecule has 0 fully saturated rings. The smallest absolute Gasteiger partial charge is 0.372 e. The monoisotopic (exact) mass is 306 g/mol. The number of aliphatic carboxylic acids is 1. The lowest BCUT2D eigenvalue weighted by molar-refractivity contribution is -0.149. The normalized spacial score (nSPS) is 10.4. The fraction of sp³-hybridized carbons (Fsp3) is 0.846. The fourth-order valence-corrected chi connectivity index (χ4v) is 2.12. The van der Waals surface area contributed by atoms with E-state index in [4.69, 9.17) is 5.11 Å². The van der Waals surface area contributed by atoms with Crippen LogP contribution in [0.25, 0.3) is 0 Å². The fourth-order valence-electron chi connectivity index (χ4n) is 1.72. The molecule has 0 aromatic carbocycles. The molecular weight excluding hydrogens is 284 g/mol. The maximum atomic E-state index is 10.8. The topological polar surface area (TPSA) is 54.4 Å². The lowest BCUT2D eigenvalue weighted by Crippen LogP contribution is -2.11. The third-order valence-corrected chi connectivity index (χ3v) is 3.34. The van der Waals surface area contributed by atoms with Crippen LogP contribution in [-0.4, -0.2) is 22.2 Å². The van der Waals surface area contributed by atoms with Crippen LogP contribution in [0.4, 0.5) is 0 Å². The molecule has 100 valence electrons. The summed E-state index contributed by atoms with van der Waals surface area (Å²) in [6.45, 7) is 0. The molecule has 0 aliphatic rings. The second-order valence-electron chi connectivity index (χ2n) is 4.35. The maximum Gasteiger partial charge on any atom is 0.372 e. The van der Waals surface area contributed by atoms with E-state index in [2.05, 4.69) is 15.9 Å². The summed E-state index contributed by atoms with van der Waals surface area (Å²) in [6, 6.07) is 0. The van der Waals surface area contributed by atoms with Crippen molar-refractivity contribution in [2.75, 3.05) is 5.33 Å². The van der Waals surface area contributed by atoms with Gasteiger partial charge in [0.1, 0.15) is 0 Å². The molecule has 0 rings (SSSR count). The Morgan fingerprint density at radius 3 is 1.59 bits per heavy atom. The average Bonchev–Trinajstić information content (AvgIpc) is 2.31. The van der Waals surface area contributed by atoms with Gasteiger partial charge in [-0.1, -0.05) is 60.9 Å². The first-order valence-corrected chi connectivity index (χ1v) is 7.62. The van der Waals surface area contributed by atoms with Gasteiger partial charge in [0.05, 0.1) is 0 Å². The first-order chi connectivity index (χ1) is 8.18. The summed E-state index contributed by atoms with van der Waals surface area (Å²) < 4.78 is 0. The first kappa shape index (κ1) is 16.6. The summed E-state index contributed by atoms with van der Waals surface area (Å²) in [5.41, 5.74) is 0. The molecule has 1 N–H and O–H groups in total. The second-order valence-corrected chi connectivity index (χ2v) is 5.14. The van der Waals surface area contributed by atoms with Crippen LogP contribution in [0.5, 0.6) is 0 Å². The summed E-state index contributed by atoms with van der Waals surface area (Å²) in [5, 5.41) is 9.47. The molecule has 0 unspecified atom stereocenters. The zero-order chi connectivity index (χ0) is 12.9. The quantitative estimate of drug-likeness (QED) is 0.337. The number of ketones is 1. The average molecular weight is 307 g/mol. The summed E-state index contributed by atoms with van der Waals surface area (Å²) in [4.78, 5) is 21.0. The molecule has 0 aromatic rings. The highest BCUT2D eigenvalue weighted by molar-refractivity contribution is 9.09. The van der Waals surface area contributed by atoms with Gasteiger partial charge < -0.3 is 5.11 Å². The van der Waals surface area contributed by atoms with Crippen LogP contribution in [-0.2, 0) is 9.59 Å². The van der Waals surface area contributed by atoms with E-state index in [-0.39, 0.29) is 6.42 Å². The molecule has 0 radical (unpaired) electrons. The minimum absolute atomic E-state index is 0.195. The van der Waals surface area contributed by atoms with Crippen molar-refractivity contribution in [1.29, 1.82) is 0 Å². The Morgan fingerprint density at radius 1 is 0.765 bits per heavy atom. The lowest BCUT2D eigenvalue weighted by Gasteiger charge is -2.01. The molecule has 0 amide bonds. The van der Waals surface area contributed by atoms with Gasteiger partial charge in [0.25, 0.3) is 0 Å². The van der Waals surface area contributed by atoms with Crippen molar-refractivity contribution in [3.63, 3.8) is 0 Å². The zero-order valence-corrected chi connectivity index (χ0v) is 12.0. The summed E-state index contributed by atoms with van der Waals surface area (Å²) in [6.07, 6.45) is 10.6. The van der Waals surface area contributed by atoms with Gasteiger partial charge in [-0.2, -0.15) is 0 Å². The van der Waals surface area contributed by atoms with E-state index in [1.807, 2.05) is 0 Å². The molecular formula is C13H23BrO3. The molecule has 0 bridgehead atoms. The van der Waals surface area contributed by atoms with Crippen LogP contribution in [0.3, 0.4) is 0 Å². The summed E-state index contributed by atoms with van der Waals surface area (Å²) >= 11 is 3.41. The molecule has 0 aliphatic carbocycles. The van der Waals surface area contributed by atoms with Gasteiger partial charge in [-0.3, -0.25) is 4.79 Å². The number of hydrogen-bond acceptors (Lipinski definition) is 2. The second kappa shape index (κ2) is 12.1. The van der Waals surface area contributed by atoms with E-state index in [0.29, 0.717) is 6.42 Å². The largest absolute Gasteiger partial charge is 0.476 e. The van der Waals surface area contributed by atoms with Crippen LogP contribution in [0, 0.1) is 0 Å². The number of carbonyl (C=O) groups excluding carboxylic acids is 1.